The van der Waals surface area contributed by atoms with Gasteiger partial charge in [-0.25, -0.2) is 0 Å². The molecule has 0 saturated heterocycles. The van der Waals surface area contributed by atoms with Crippen LogP contribution in [0.25, 0.3) is 12.2 Å². The Morgan fingerprint density at radius 3 is 2.06 bits per heavy atom. The molecule has 0 radical (unpaired) electrons. The van der Waals surface area contributed by atoms with Gasteiger partial charge in [0.1, 0.15) is 0 Å². The zero-order chi connectivity index (χ0) is 13.0. The van der Waals surface area contributed by atoms with Crippen molar-refractivity contribution in [2.45, 2.75) is 27.2 Å². The van der Waals surface area contributed by atoms with Gasteiger partial charge in [0.25, 0.3) is 0 Å². The second-order valence-corrected chi connectivity index (χ2v) is 2.68. The molecule has 1 heteroatoms. The molecule has 0 heterocycles. The first-order valence-corrected chi connectivity index (χ1v) is 5.78. The van der Waals surface area contributed by atoms with Crippen molar-refractivity contribution in [3.05, 3.63) is 48.0 Å². The number of aryl methyl sites for hydroxylation is 1. The third kappa shape index (κ3) is 4.94. The van der Waals surface area contributed by atoms with Gasteiger partial charge in [-0.3, -0.25) is 0 Å². The lowest BCUT2D eigenvalue weighted by atomic mass is 9.99. The first-order valence-electron chi connectivity index (χ1n) is 5.78. The Morgan fingerprint density at radius 1 is 1.12 bits per heavy atom. The van der Waals surface area contributed by atoms with Gasteiger partial charge in [0.2, 0.25) is 0 Å². The van der Waals surface area contributed by atoms with Gasteiger partial charge in [-0.15, -0.1) is 0 Å². The SMILES string of the molecule is C=Cc1cccc(CC)c1C=C.CC.CN. The topological polar surface area (TPSA) is 26.0 Å². The lowest BCUT2D eigenvalue weighted by Crippen LogP contribution is -1.88. The molecule has 0 aliphatic heterocycles. The maximum Gasteiger partial charge on any atom is -0.0158 e. The number of rotatable bonds is 3. The van der Waals surface area contributed by atoms with Crippen molar-refractivity contribution in [3.8, 4) is 0 Å². The van der Waals surface area contributed by atoms with E-state index < -0.39 is 0 Å². The van der Waals surface area contributed by atoms with Crippen LogP contribution in [0.3, 0.4) is 0 Å². The van der Waals surface area contributed by atoms with E-state index in [1.54, 1.807) is 0 Å². The van der Waals surface area contributed by atoms with Gasteiger partial charge in [0, 0.05) is 0 Å². The predicted octanol–water partition coefficient (Wildman–Crippen LogP) is 4.14. The van der Waals surface area contributed by atoms with Crippen molar-refractivity contribution < 1.29 is 0 Å². The molecular formula is C15H25N. The van der Waals surface area contributed by atoms with Crippen LogP contribution in [-0.4, -0.2) is 7.05 Å². The normalized spacial score (nSPS) is 7.81. The van der Waals surface area contributed by atoms with Gasteiger partial charge in [0.05, 0.1) is 0 Å². The molecule has 1 aromatic carbocycles. The summed E-state index contributed by atoms with van der Waals surface area (Å²) in [4.78, 5) is 0. The first-order chi connectivity index (χ1) is 7.83. The van der Waals surface area contributed by atoms with Crippen LogP contribution in [0.1, 0.15) is 37.5 Å². The Balaban J connectivity index is 0. The van der Waals surface area contributed by atoms with Crippen molar-refractivity contribution in [1.29, 1.82) is 0 Å². The fourth-order valence-corrected chi connectivity index (χ4v) is 1.37. The van der Waals surface area contributed by atoms with Crippen LogP contribution in [0.2, 0.25) is 0 Å². The third-order valence-corrected chi connectivity index (χ3v) is 2.04. The summed E-state index contributed by atoms with van der Waals surface area (Å²) >= 11 is 0. The molecule has 0 aromatic heterocycles. The van der Waals surface area contributed by atoms with Gasteiger partial charge in [-0.05, 0) is 30.2 Å². The molecule has 0 amide bonds. The van der Waals surface area contributed by atoms with Gasteiger partial charge in [-0.1, -0.05) is 64.3 Å². The smallest absolute Gasteiger partial charge is 0.0158 e. The summed E-state index contributed by atoms with van der Waals surface area (Å²) < 4.78 is 0. The highest BCUT2D eigenvalue weighted by Gasteiger charge is 1.99. The molecule has 0 saturated carbocycles. The lowest BCUT2D eigenvalue weighted by molar-refractivity contribution is 1.13. The average Bonchev–Trinajstić information content (AvgIpc) is 2.42. The van der Waals surface area contributed by atoms with Crippen LogP contribution in [0.15, 0.2) is 31.4 Å². The van der Waals surface area contributed by atoms with Gasteiger partial charge >= 0.3 is 0 Å². The number of hydrogen-bond donors (Lipinski definition) is 1. The molecule has 16 heavy (non-hydrogen) atoms. The molecule has 0 spiro atoms. The molecule has 1 rings (SSSR count). The van der Waals surface area contributed by atoms with Crippen LogP contribution in [0.5, 0.6) is 0 Å². The fourth-order valence-electron chi connectivity index (χ4n) is 1.37. The van der Waals surface area contributed by atoms with Gasteiger partial charge < -0.3 is 5.73 Å². The van der Waals surface area contributed by atoms with Crippen molar-refractivity contribution in [3.63, 3.8) is 0 Å². The van der Waals surface area contributed by atoms with Crippen molar-refractivity contribution in [1.82, 2.24) is 0 Å². The van der Waals surface area contributed by atoms with Crippen LogP contribution < -0.4 is 5.73 Å². The minimum absolute atomic E-state index is 1.04. The second-order valence-electron chi connectivity index (χ2n) is 2.68. The van der Waals surface area contributed by atoms with E-state index in [1.165, 1.54) is 23.7 Å². The number of nitrogens with two attached hydrogens (primary N) is 1. The maximum atomic E-state index is 4.50. The van der Waals surface area contributed by atoms with Crippen LogP contribution >= 0.6 is 0 Å². The summed E-state index contributed by atoms with van der Waals surface area (Å²) in [6.07, 6.45) is 4.81. The zero-order valence-electron chi connectivity index (χ0n) is 11.1. The molecular weight excluding hydrogens is 194 g/mol. The Labute approximate surface area is 101 Å². The molecule has 0 fully saturated rings. The maximum absolute atomic E-state index is 4.50. The van der Waals surface area contributed by atoms with Crippen molar-refractivity contribution in [2.24, 2.45) is 5.73 Å². The lowest BCUT2D eigenvalue weighted by Gasteiger charge is -2.06. The van der Waals surface area contributed by atoms with E-state index >= 15 is 0 Å². The van der Waals surface area contributed by atoms with E-state index in [0.717, 1.165) is 6.42 Å². The third-order valence-electron chi connectivity index (χ3n) is 2.04. The number of hydrogen-bond acceptors (Lipinski definition) is 1. The van der Waals surface area contributed by atoms with Crippen LogP contribution in [0, 0.1) is 0 Å². The summed E-state index contributed by atoms with van der Waals surface area (Å²) in [5.41, 5.74) is 8.22. The summed E-state index contributed by atoms with van der Waals surface area (Å²) in [7, 11) is 1.50. The second kappa shape index (κ2) is 11.7. The van der Waals surface area contributed by atoms with E-state index in [4.69, 9.17) is 0 Å². The highest BCUT2D eigenvalue weighted by Crippen LogP contribution is 2.17. The number of benzene rings is 1. The van der Waals surface area contributed by atoms with E-state index in [-0.39, 0.29) is 0 Å². The van der Waals surface area contributed by atoms with Crippen LogP contribution in [0.4, 0.5) is 0 Å². The largest absolute Gasteiger partial charge is 0.333 e. The summed E-state index contributed by atoms with van der Waals surface area (Å²) in [5.74, 6) is 0. The first kappa shape index (κ1) is 17.1. The average molecular weight is 219 g/mol. The Morgan fingerprint density at radius 2 is 1.69 bits per heavy atom. The Bertz CT molecular complexity index is 300. The molecule has 90 valence electrons. The van der Waals surface area contributed by atoms with Crippen LogP contribution in [-0.2, 0) is 6.42 Å². The summed E-state index contributed by atoms with van der Waals surface area (Å²) in [5, 5.41) is 0. The van der Waals surface area contributed by atoms with Crippen molar-refractivity contribution in [2.75, 3.05) is 7.05 Å². The van der Waals surface area contributed by atoms with E-state index in [9.17, 15) is 0 Å². The molecule has 1 aromatic rings. The fraction of sp³-hybridized carbons (Fsp3) is 0.333. The zero-order valence-corrected chi connectivity index (χ0v) is 11.1. The van der Waals surface area contributed by atoms with Gasteiger partial charge in [-0.2, -0.15) is 0 Å². The molecule has 0 bridgehead atoms. The Hall–Kier alpha value is -1.34. The van der Waals surface area contributed by atoms with E-state index in [0.29, 0.717) is 0 Å². The van der Waals surface area contributed by atoms with E-state index in [2.05, 4.69) is 44.0 Å². The Kier molecular flexibility index (Phi) is 12.5. The quantitative estimate of drug-likeness (QED) is 0.812. The van der Waals surface area contributed by atoms with Crippen molar-refractivity contribution >= 4 is 12.2 Å². The molecule has 0 aliphatic rings. The minimum Gasteiger partial charge on any atom is -0.333 e. The molecule has 2 N–H and O–H groups in total. The molecule has 0 unspecified atom stereocenters. The monoisotopic (exact) mass is 219 g/mol. The predicted molar refractivity (Wildman–Crippen MR) is 77.5 cm³/mol. The minimum atomic E-state index is 1.04. The highest BCUT2D eigenvalue weighted by atomic mass is 14.4. The summed E-state index contributed by atoms with van der Waals surface area (Å²) in [6.45, 7) is 13.7. The highest BCUT2D eigenvalue weighted by molar-refractivity contribution is 5.66. The standard InChI is InChI=1S/C12H14.C2H6.CH5N/c1-4-10-8-7-9-11(5-2)12(10)6-3;2*1-2/h4,6-9H,1,3,5H2,2H3;1-2H3;2H2,1H3. The molecule has 1 nitrogen and oxygen atoms in total. The van der Waals surface area contributed by atoms with E-state index in [1.807, 2.05) is 26.0 Å². The molecule has 0 atom stereocenters. The van der Waals surface area contributed by atoms with Gasteiger partial charge in [0.15, 0.2) is 0 Å². The molecule has 0 aliphatic carbocycles. The summed E-state index contributed by atoms with van der Waals surface area (Å²) in [6, 6.07) is 6.25.